The number of unbranched alkanes of at least 4 members (excludes halogenated alkanes) is 2. The third kappa shape index (κ3) is 9.56. The molecule has 0 unspecified atom stereocenters. The number of nitrogens with one attached hydrogen (secondary N) is 1. The van der Waals surface area contributed by atoms with E-state index in [1.54, 1.807) is 0 Å². The lowest BCUT2D eigenvalue weighted by atomic mass is 10.3. The summed E-state index contributed by atoms with van der Waals surface area (Å²) in [5, 5.41) is 0. The zero-order chi connectivity index (χ0) is 13.4. The minimum atomic E-state index is -1.36. The van der Waals surface area contributed by atoms with E-state index in [0.29, 0.717) is 0 Å². The van der Waals surface area contributed by atoms with Crippen LogP contribution in [0.25, 0.3) is 0 Å². The van der Waals surface area contributed by atoms with Gasteiger partial charge in [-0.2, -0.15) is 0 Å². The van der Waals surface area contributed by atoms with Gasteiger partial charge in [-0.15, -0.1) is 0 Å². The summed E-state index contributed by atoms with van der Waals surface area (Å²) < 4.78 is 3.95. The van der Waals surface area contributed by atoms with Gasteiger partial charge in [-0.3, -0.25) is 0 Å². The summed E-state index contributed by atoms with van der Waals surface area (Å²) in [5.74, 6) is 0. The van der Waals surface area contributed by atoms with Crippen LogP contribution in [0.4, 0.5) is 0 Å². The Balaban J connectivity index is 4.36. The van der Waals surface area contributed by atoms with Crippen LogP contribution in [-0.2, 0) is 0 Å². The maximum atomic E-state index is 3.95. The third-order valence-electron chi connectivity index (χ3n) is 2.62. The second-order valence-electron chi connectivity index (χ2n) is 5.95. The number of allylic oxidation sites excluding steroid dienone is 2. The van der Waals surface area contributed by atoms with Crippen LogP contribution in [0, 0.1) is 0 Å². The molecule has 0 spiro atoms. The molecule has 0 fully saturated rings. The Morgan fingerprint density at radius 1 is 0.765 bits per heavy atom. The molecule has 1 N–H and O–H groups in total. The van der Waals surface area contributed by atoms with E-state index in [4.69, 9.17) is 0 Å². The highest BCUT2D eigenvalue weighted by Crippen LogP contribution is 2.09. The molecule has 0 amide bonds. The van der Waals surface area contributed by atoms with Gasteiger partial charge in [0.25, 0.3) is 0 Å². The van der Waals surface area contributed by atoms with E-state index in [9.17, 15) is 0 Å². The molecule has 1 nitrogen and oxygen atoms in total. The number of hydrogen-bond acceptors (Lipinski definition) is 1. The molecule has 0 rings (SSSR count). The van der Waals surface area contributed by atoms with E-state index in [0.717, 1.165) is 0 Å². The monoisotopic (exact) mass is 269 g/mol. The molecule has 100 valence electrons. The van der Waals surface area contributed by atoms with Gasteiger partial charge in [0.05, 0.1) is 0 Å². The van der Waals surface area contributed by atoms with Gasteiger partial charge in [-0.1, -0.05) is 76.4 Å². The van der Waals surface area contributed by atoms with Gasteiger partial charge in [-0.25, -0.2) is 0 Å². The molecule has 17 heavy (non-hydrogen) atoms. The minimum Gasteiger partial charge on any atom is -0.353 e. The smallest absolute Gasteiger partial charge is 0.137 e. The lowest BCUT2D eigenvalue weighted by Gasteiger charge is -2.30. The predicted molar refractivity (Wildman–Crippen MR) is 86.2 cm³/mol. The molecular weight excluding hydrogens is 238 g/mol. The van der Waals surface area contributed by atoms with Crippen molar-refractivity contribution >= 4 is 16.5 Å². The van der Waals surface area contributed by atoms with E-state index in [1.807, 2.05) is 0 Å². The molecule has 0 aromatic heterocycles. The second kappa shape index (κ2) is 8.06. The van der Waals surface area contributed by atoms with Crippen LogP contribution in [0.3, 0.4) is 0 Å². The van der Waals surface area contributed by atoms with Gasteiger partial charge in [-0.05, 0) is 12.8 Å². The average Bonchev–Trinajstić information content (AvgIpc) is 2.16. The van der Waals surface area contributed by atoms with Gasteiger partial charge >= 0.3 is 0 Å². The summed E-state index contributed by atoms with van der Waals surface area (Å²) >= 11 is 0. The fraction of sp³-hybridized carbons (Fsp3) is 0.714. The van der Waals surface area contributed by atoms with E-state index in [-0.39, 0.29) is 0 Å². The van der Waals surface area contributed by atoms with Gasteiger partial charge in [0.15, 0.2) is 0 Å². The molecule has 0 bridgehead atoms. The molecule has 0 aromatic rings. The highest BCUT2D eigenvalue weighted by molar-refractivity contribution is 6.95. The summed E-state index contributed by atoms with van der Waals surface area (Å²) in [5.41, 5.74) is 4.91. The van der Waals surface area contributed by atoms with E-state index >= 15 is 0 Å². The van der Waals surface area contributed by atoms with Crippen LogP contribution >= 0.6 is 0 Å². The standard InChI is InChI=1S/C14H31NSi2/c1-7-9-11-13-16(3,4)15-17(5,6)14-12-10-8-2/h11-15H,7-10H2,1-6H3. The van der Waals surface area contributed by atoms with Crippen LogP contribution in [0.15, 0.2) is 23.6 Å². The van der Waals surface area contributed by atoms with Gasteiger partial charge in [0, 0.05) is 0 Å². The summed E-state index contributed by atoms with van der Waals surface area (Å²) in [6.45, 7) is 14.1. The van der Waals surface area contributed by atoms with E-state index in [1.165, 1.54) is 25.7 Å². The average molecular weight is 270 g/mol. The van der Waals surface area contributed by atoms with Crippen molar-refractivity contribution in [3.05, 3.63) is 23.6 Å². The van der Waals surface area contributed by atoms with Crippen molar-refractivity contribution in [2.45, 2.75) is 65.7 Å². The Hall–Kier alpha value is -0.126. The Bertz CT molecular complexity index is 229. The molecule has 0 saturated heterocycles. The van der Waals surface area contributed by atoms with Gasteiger partial charge < -0.3 is 4.65 Å². The van der Waals surface area contributed by atoms with Crippen molar-refractivity contribution in [2.75, 3.05) is 0 Å². The molecule has 0 radical (unpaired) electrons. The van der Waals surface area contributed by atoms with Crippen molar-refractivity contribution in [1.82, 2.24) is 4.65 Å². The first-order chi connectivity index (χ1) is 7.83. The first-order valence-electron chi connectivity index (χ1n) is 6.97. The largest absolute Gasteiger partial charge is 0.353 e. The quantitative estimate of drug-likeness (QED) is 0.626. The number of rotatable bonds is 8. The maximum Gasteiger partial charge on any atom is 0.137 e. The summed E-state index contributed by atoms with van der Waals surface area (Å²) in [7, 11) is -2.71. The van der Waals surface area contributed by atoms with Crippen molar-refractivity contribution in [2.24, 2.45) is 0 Å². The van der Waals surface area contributed by atoms with Crippen molar-refractivity contribution in [1.29, 1.82) is 0 Å². The number of hydrogen-bond donors (Lipinski definition) is 1. The van der Waals surface area contributed by atoms with Crippen molar-refractivity contribution < 1.29 is 0 Å². The first kappa shape index (κ1) is 16.9. The molecule has 3 heteroatoms. The topological polar surface area (TPSA) is 12.0 Å². The fourth-order valence-corrected chi connectivity index (χ4v) is 10.8. The first-order valence-corrected chi connectivity index (χ1v) is 13.1. The molecular formula is C14H31NSi2. The van der Waals surface area contributed by atoms with Crippen LogP contribution < -0.4 is 4.65 Å². The third-order valence-corrected chi connectivity index (χ3v) is 9.92. The Kier molecular flexibility index (Phi) is 8.00. The molecule has 0 aliphatic carbocycles. The Morgan fingerprint density at radius 3 is 1.41 bits per heavy atom. The second-order valence-corrected chi connectivity index (χ2v) is 14.5. The predicted octanol–water partition coefficient (Wildman–Crippen LogP) is 4.78. The van der Waals surface area contributed by atoms with E-state index in [2.05, 4.69) is 68.2 Å². The summed E-state index contributed by atoms with van der Waals surface area (Å²) in [4.78, 5) is 0. The molecule has 0 atom stereocenters. The maximum absolute atomic E-state index is 3.95. The SMILES string of the molecule is CCCC=C[Si](C)(C)N[Si](C)(C)C=CCCC. The van der Waals surface area contributed by atoms with Crippen LogP contribution in [0.1, 0.15) is 39.5 Å². The van der Waals surface area contributed by atoms with Crippen molar-refractivity contribution in [3.8, 4) is 0 Å². The highest BCUT2D eigenvalue weighted by Gasteiger charge is 2.26. The zero-order valence-corrected chi connectivity index (χ0v) is 14.6. The van der Waals surface area contributed by atoms with Crippen LogP contribution in [-0.4, -0.2) is 16.5 Å². The van der Waals surface area contributed by atoms with E-state index < -0.39 is 16.5 Å². The van der Waals surface area contributed by atoms with Crippen molar-refractivity contribution in [3.63, 3.8) is 0 Å². The minimum absolute atomic E-state index is 1.21. The fourth-order valence-electron chi connectivity index (χ4n) is 2.00. The van der Waals surface area contributed by atoms with Gasteiger partial charge in [0.1, 0.15) is 16.5 Å². The molecule has 0 saturated carbocycles. The summed E-state index contributed by atoms with van der Waals surface area (Å²) in [6, 6.07) is 0. The Labute approximate surface area is 111 Å². The normalized spacial score (nSPS) is 14.0. The lowest BCUT2D eigenvalue weighted by molar-refractivity contribution is 0.958. The molecule has 0 aromatic carbocycles. The van der Waals surface area contributed by atoms with Gasteiger partial charge in [0.2, 0.25) is 0 Å². The highest BCUT2D eigenvalue weighted by atomic mass is 28.4. The molecule has 0 aliphatic rings. The molecule has 0 heterocycles. The Morgan fingerprint density at radius 2 is 1.12 bits per heavy atom. The van der Waals surface area contributed by atoms with Crippen LogP contribution in [0.2, 0.25) is 26.2 Å². The zero-order valence-electron chi connectivity index (χ0n) is 12.6. The summed E-state index contributed by atoms with van der Waals surface area (Å²) in [6.07, 6.45) is 9.65. The lowest BCUT2D eigenvalue weighted by Crippen LogP contribution is -2.57. The molecule has 0 aliphatic heterocycles. The van der Waals surface area contributed by atoms with Crippen LogP contribution in [0.5, 0.6) is 0 Å².